The van der Waals surface area contributed by atoms with E-state index in [1.807, 2.05) is 41.1 Å². The number of benzene rings is 2. The Bertz CT molecular complexity index is 1260. The molecule has 2 N–H and O–H groups in total. The number of imidazole rings is 1. The lowest BCUT2D eigenvalue weighted by Crippen LogP contribution is -1.97. The largest absolute Gasteiger partial charge is 0.360 e. The maximum atomic E-state index is 6.26. The van der Waals surface area contributed by atoms with Gasteiger partial charge in [-0.05, 0) is 37.3 Å². The standard InChI is InChI=1S/C22H17ClN4/c1-14-6-9-16(10-7-14)25-22-21(26-20-11-8-15(23)13-27(20)22)18-12-24-19-5-3-2-4-17(18)19/h2-13,24-25H,1H3. The van der Waals surface area contributed by atoms with Crippen LogP contribution in [0.3, 0.4) is 0 Å². The fourth-order valence-electron chi connectivity index (χ4n) is 3.37. The summed E-state index contributed by atoms with van der Waals surface area (Å²) >= 11 is 6.26. The maximum Gasteiger partial charge on any atom is 0.143 e. The van der Waals surface area contributed by atoms with Crippen LogP contribution in [0, 0.1) is 6.92 Å². The van der Waals surface area contributed by atoms with Gasteiger partial charge in [0.05, 0.1) is 5.02 Å². The highest BCUT2D eigenvalue weighted by atomic mass is 35.5. The van der Waals surface area contributed by atoms with Crippen LogP contribution >= 0.6 is 11.6 Å². The van der Waals surface area contributed by atoms with Crippen molar-refractivity contribution in [3.05, 3.63) is 83.6 Å². The fraction of sp³-hybridized carbons (Fsp3) is 0.0455. The van der Waals surface area contributed by atoms with E-state index in [0.29, 0.717) is 5.02 Å². The fourth-order valence-corrected chi connectivity index (χ4v) is 3.53. The molecule has 132 valence electrons. The van der Waals surface area contributed by atoms with Crippen LogP contribution in [0.25, 0.3) is 27.8 Å². The van der Waals surface area contributed by atoms with Crippen molar-refractivity contribution >= 4 is 39.7 Å². The number of nitrogens with one attached hydrogen (secondary N) is 2. The van der Waals surface area contributed by atoms with E-state index in [9.17, 15) is 0 Å². The van der Waals surface area contributed by atoms with Crippen molar-refractivity contribution in [3.8, 4) is 11.3 Å². The monoisotopic (exact) mass is 372 g/mol. The van der Waals surface area contributed by atoms with Crippen molar-refractivity contribution in [2.75, 3.05) is 5.32 Å². The molecule has 5 rings (SSSR count). The highest BCUT2D eigenvalue weighted by Crippen LogP contribution is 2.36. The summed E-state index contributed by atoms with van der Waals surface area (Å²) in [6.07, 6.45) is 3.90. The molecule has 5 heteroatoms. The molecule has 2 aromatic carbocycles. The van der Waals surface area contributed by atoms with E-state index >= 15 is 0 Å². The van der Waals surface area contributed by atoms with Gasteiger partial charge in [0, 0.05) is 34.5 Å². The van der Waals surface area contributed by atoms with Gasteiger partial charge in [-0.15, -0.1) is 0 Å². The summed E-state index contributed by atoms with van der Waals surface area (Å²) in [5.41, 5.74) is 6.09. The number of aryl methyl sites for hydroxylation is 1. The Kier molecular flexibility index (Phi) is 3.66. The molecule has 0 atom stereocenters. The third-order valence-corrected chi connectivity index (χ3v) is 4.96. The summed E-state index contributed by atoms with van der Waals surface area (Å²) in [5, 5.41) is 5.33. The predicted octanol–water partition coefficient (Wildman–Crippen LogP) is 6.19. The van der Waals surface area contributed by atoms with Crippen LogP contribution in [0.2, 0.25) is 5.02 Å². The van der Waals surface area contributed by atoms with E-state index in [1.54, 1.807) is 0 Å². The highest BCUT2D eigenvalue weighted by molar-refractivity contribution is 6.30. The number of para-hydroxylation sites is 1. The Morgan fingerprint density at radius 1 is 1.00 bits per heavy atom. The first-order valence-corrected chi connectivity index (χ1v) is 9.14. The zero-order valence-electron chi connectivity index (χ0n) is 14.7. The van der Waals surface area contributed by atoms with Crippen LogP contribution in [0.1, 0.15) is 5.56 Å². The average Bonchev–Trinajstić information content (AvgIpc) is 3.25. The lowest BCUT2D eigenvalue weighted by molar-refractivity contribution is 1.18. The van der Waals surface area contributed by atoms with Crippen molar-refractivity contribution in [3.63, 3.8) is 0 Å². The Morgan fingerprint density at radius 3 is 2.67 bits per heavy atom. The summed E-state index contributed by atoms with van der Waals surface area (Å²) in [7, 11) is 0. The Hall–Kier alpha value is -3.24. The molecule has 0 fully saturated rings. The number of aromatic nitrogens is 3. The molecule has 0 aliphatic carbocycles. The van der Waals surface area contributed by atoms with Crippen LogP contribution in [0.4, 0.5) is 11.5 Å². The number of hydrogen-bond acceptors (Lipinski definition) is 2. The average molecular weight is 373 g/mol. The smallest absolute Gasteiger partial charge is 0.143 e. The highest BCUT2D eigenvalue weighted by Gasteiger charge is 2.17. The van der Waals surface area contributed by atoms with Crippen molar-refractivity contribution in [1.82, 2.24) is 14.4 Å². The van der Waals surface area contributed by atoms with Gasteiger partial charge < -0.3 is 10.3 Å². The van der Waals surface area contributed by atoms with Crippen LogP contribution in [0.15, 0.2) is 73.1 Å². The number of pyridine rings is 1. The molecule has 0 spiro atoms. The molecular weight excluding hydrogens is 356 g/mol. The molecule has 27 heavy (non-hydrogen) atoms. The summed E-state index contributed by atoms with van der Waals surface area (Å²) in [5.74, 6) is 0.890. The molecule has 4 nitrogen and oxygen atoms in total. The molecule has 0 unspecified atom stereocenters. The third kappa shape index (κ3) is 2.75. The second kappa shape index (κ2) is 6.18. The lowest BCUT2D eigenvalue weighted by atomic mass is 10.1. The van der Waals surface area contributed by atoms with Crippen molar-refractivity contribution in [2.24, 2.45) is 0 Å². The molecule has 3 aromatic heterocycles. The predicted molar refractivity (Wildman–Crippen MR) is 112 cm³/mol. The SMILES string of the molecule is Cc1ccc(Nc2c(-c3c[nH]c4ccccc34)nc3ccc(Cl)cn23)cc1. The second-order valence-corrected chi connectivity index (χ2v) is 7.06. The first kappa shape index (κ1) is 16.0. The normalized spacial score (nSPS) is 11.3. The minimum absolute atomic E-state index is 0.664. The van der Waals surface area contributed by atoms with Crippen molar-refractivity contribution < 1.29 is 0 Å². The Balaban J connectivity index is 1.75. The Labute approximate surface area is 161 Å². The number of nitrogens with zero attached hydrogens (tertiary/aromatic N) is 2. The van der Waals surface area contributed by atoms with Crippen molar-refractivity contribution in [2.45, 2.75) is 6.92 Å². The molecule has 0 saturated heterocycles. The minimum Gasteiger partial charge on any atom is -0.360 e. The van der Waals surface area contributed by atoms with Crippen LogP contribution in [-0.2, 0) is 0 Å². The second-order valence-electron chi connectivity index (χ2n) is 6.62. The van der Waals surface area contributed by atoms with Gasteiger partial charge >= 0.3 is 0 Å². The van der Waals surface area contributed by atoms with Gasteiger partial charge in [0.15, 0.2) is 0 Å². The number of H-pyrrole nitrogens is 1. The number of hydrogen-bond donors (Lipinski definition) is 2. The quantitative estimate of drug-likeness (QED) is 0.396. The van der Waals surface area contributed by atoms with Crippen LogP contribution < -0.4 is 5.32 Å². The minimum atomic E-state index is 0.664. The van der Waals surface area contributed by atoms with E-state index in [2.05, 4.69) is 53.6 Å². The molecule has 0 aliphatic heterocycles. The molecular formula is C22H17ClN4. The van der Waals surface area contributed by atoms with Gasteiger partial charge in [0.2, 0.25) is 0 Å². The van der Waals surface area contributed by atoms with E-state index in [0.717, 1.165) is 39.3 Å². The third-order valence-electron chi connectivity index (χ3n) is 4.74. The number of halogens is 1. The van der Waals surface area contributed by atoms with Gasteiger partial charge in [-0.25, -0.2) is 4.98 Å². The molecule has 5 aromatic rings. The van der Waals surface area contributed by atoms with Crippen molar-refractivity contribution in [1.29, 1.82) is 0 Å². The molecule has 0 bridgehead atoms. The first-order valence-electron chi connectivity index (χ1n) is 8.77. The molecule has 0 radical (unpaired) electrons. The molecule has 3 heterocycles. The van der Waals surface area contributed by atoms with E-state index in [-0.39, 0.29) is 0 Å². The molecule has 0 saturated carbocycles. The van der Waals surface area contributed by atoms with Crippen LogP contribution in [-0.4, -0.2) is 14.4 Å². The number of aromatic amines is 1. The first-order chi connectivity index (χ1) is 13.2. The number of fused-ring (bicyclic) bond motifs is 2. The lowest BCUT2D eigenvalue weighted by Gasteiger charge is -2.09. The van der Waals surface area contributed by atoms with Crippen LogP contribution in [0.5, 0.6) is 0 Å². The zero-order chi connectivity index (χ0) is 18.4. The summed E-state index contributed by atoms with van der Waals surface area (Å²) in [4.78, 5) is 8.22. The van der Waals surface area contributed by atoms with Gasteiger partial charge in [-0.3, -0.25) is 4.40 Å². The van der Waals surface area contributed by atoms with E-state index in [1.165, 1.54) is 5.56 Å². The zero-order valence-corrected chi connectivity index (χ0v) is 15.5. The summed E-state index contributed by atoms with van der Waals surface area (Å²) in [6, 6.07) is 20.3. The molecule has 0 aliphatic rings. The van der Waals surface area contributed by atoms with Gasteiger partial charge in [-0.1, -0.05) is 47.5 Å². The summed E-state index contributed by atoms with van der Waals surface area (Å²) < 4.78 is 2.00. The topological polar surface area (TPSA) is 45.1 Å². The van der Waals surface area contributed by atoms with Gasteiger partial charge in [0.1, 0.15) is 17.2 Å². The number of anilines is 2. The number of rotatable bonds is 3. The molecule has 0 amide bonds. The van der Waals surface area contributed by atoms with E-state index < -0.39 is 0 Å². The van der Waals surface area contributed by atoms with Gasteiger partial charge in [0.25, 0.3) is 0 Å². The van der Waals surface area contributed by atoms with Gasteiger partial charge in [-0.2, -0.15) is 0 Å². The van der Waals surface area contributed by atoms with E-state index in [4.69, 9.17) is 16.6 Å². The summed E-state index contributed by atoms with van der Waals surface area (Å²) in [6.45, 7) is 2.08. The Morgan fingerprint density at radius 2 is 1.81 bits per heavy atom. The maximum absolute atomic E-state index is 6.26.